The summed E-state index contributed by atoms with van der Waals surface area (Å²) in [5, 5.41) is 0.697. The fourth-order valence-corrected chi connectivity index (χ4v) is 2.56. The molecule has 26 heavy (non-hydrogen) atoms. The fraction of sp³-hybridized carbons (Fsp3) is 0.158. The van der Waals surface area contributed by atoms with Crippen molar-refractivity contribution in [3.63, 3.8) is 0 Å². The van der Waals surface area contributed by atoms with Crippen molar-refractivity contribution in [1.29, 1.82) is 0 Å². The molecule has 0 saturated heterocycles. The summed E-state index contributed by atoms with van der Waals surface area (Å²) in [5.41, 5.74) is -0.182. The quantitative estimate of drug-likeness (QED) is 0.397. The minimum Gasteiger partial charge on any atom is -0.426 e. The molecule has 134 valence electrons. The molecule has 1 aromatic heterocycles. The molecule has 3 aromatic rings. The lowest BCUT2D eigenvalue weighted by atomic mass is 10.1. The van der Waals surface area contributed by atoms with E-state index in [1.807, 2.05) is 0 Å². The lowest BCUT2D eigenvalue weighted by molar-refractivity contribution is -0.138. The van der Waals surface area contributed by atoms with Gasteiger partial charge in [-0.3, -0.25) is 4.79 Å². The van der Waals surface area contributed by atoms with Gasteiger partial charge < -0.3 is 9.15 Å². The number of carbonyl (C=O) groups is 1. The van der Waals surface area contributed by atoms with E-state index < -0.39 is 23.3 Å². The Morgan fingerprint density at radius 3 is 2.62 bits per heavy atom. The van der Waals surface area contributed by atoms with Gasteiger partial charge in [0.15, 0.2) is 0 Å². The third-order valence-electron chi connectivity index (χ3n) is 3.76. The molecule has 0 saturated carbocycles. The molecule has 0 amide bonds. The zero-order valence-electron chi connectivity index (χ0n) is 13.6. The molecule has 0 aliphatic heterocycles. The van der Waals surface area contributed by atoms with E-state index in [0.717, 1.165) is 17.7 Å². The van der Waals surface area contributed by atoms with E-state index in [4.69, 9.17) is 9.15 Å². The Labute approximate surface area is 145 Å². The van der Waals surface area contributed by atoms with Crippen LogP contribution >= 0.6 is 0 Å². The Bertz CT molecular complexity index is 1030. The highest BCUT2D eigenvalue weighted by Gasteiger charge is 2.30. The number of benzene rings is 2. The molecule has 4 nitrogen and oxygen atoms in total. The minimum absolute atomic E-state index is 0.142. The average molecular weight is 362 g/mol. The predicted molar refractivity (Wildman–Crippen MR) is 88.0 cm³/mol. The molecule has 0 bridgehead atoms. The molecule has 0 fully saturated rings. The highest BCUT2D eigenvalue weighted by Crippen LogP contribution is 2.29. The van der Waals surface area contributed by atoms with Gasteiger partial charge in [-0.15, -0.1) is 0 Å². The summed E-state index contributed by atoms with van der Waals surface area (Å²) in [6.45, 7) is 1.75. The van der Waals surface area contributed by atoms with E-state index in [-0.39, 0.29) is 23.3 Å². The molecular formula is C19H13F3O4. The number of rotatable bonds is 3. The predicted octanol–water partition coefficient (Wildman–Crippen LogP) is 4.27. The second kappa shape index (κ2) is 6.67. The Hall–Kier alpha value is -3.09. The van der Waals surface area contributed by atoms with E-state index in [1.54, 1.807) is 13.0 Å². The molecule has 7 heteroatoms. The smallest absolute Gasteiger partial charge is 0.416 e. The van der Waals surface area contributed by atoms with Crippen LogP contribution in [0.2, 0.25) is 0 Å². The average Bonchev–Trinajstić information content (AvgIpc) is 2.53. The van der Waals surface area contributed by atoms with Crippen molar-refractivity contribution in [2.45, 2.75) is 19.5 Å². The van der Waals surface area contributed by atoms with Gasteiger partial charge in [0, 0.05) is 17.5 Å². The lowest BCUT2D eigenvalue weighted by Gasteiger charge is -2.09. The van der Waals surface area contributed by atoms with Crippen molar-refractivity contribution in [2.24, 2.45) is 0 Å². The third kappa shape index (κ3) is 3.93. The van der Waals surface area contributed by atoms with Crippen LogP contribution in [-0.4, -0.2) is 5.97 Å². The lowest BCUT2D eigenvalue weighted by Crippen LogP contribution is -2.12. The Kier molecular flexibility index (Phi) is 4.54. The van der Waals surface area contributed by atoms with Crippen LogP contribution < -0.4 is 10.4 Å². The van der Waals surface area contributed by atoms with Crippen LogP contribution in [-0.2, 0) is 17.4 Å². The summed E-state index contributed by atoms with van der Waals surface area (Å²) in [6.07, 6.45) is -4.80. The number of halogens is 3. The molecule has 0 spiro atoms. The molecule has 0 atom stereocenters. The summed E-state index contributed by atoms with van der Waals surface area (Å²) >= 11 is 0. The number of carbonyl (C=O) groups excluding carboxylic acids is 1. The number of hydrogen-bond acceptors (Lipinski definition) is 4. The first-order valence-electron chi connectivity index (χ1n) is 7.64. The number of ether oxygens (including phenoxy) is 1. The largest absolute Gasteiger partial charge is 0.426 e. The van der Waals surface area contributed by atoms with Crippen molar-refractivity contribution in [1.82, 2.24) is 0 Å². The molecule has 1 heterocycles. The first kappa shape index (κ1) is 17.7. The second-order valence-electron chi connectivity index (χ2n) is 5.76. The van der Waals surface area contributed by atoms with Crippen LogP contribution in [0.15, 0.2) is 57.7 Å². The standard InChI is InChI=1S/C19H13F3O4/c1-11-7-17(23)26-16-10-14(5-6-15(11)16)25-18(24)9-12-3-2-4-13(8-12)19(20,21)22/h2-8,10H,9H2,1H3. The zero-order valence-corrected chi connectivity index (χ0v) is 13.6. The Morgan fingerprint density at radius 1 is 1.12 bits per heavy atom. The van der Waals surface area contributed by atoms with Crippen LogP contribution in [0, 0.1) is 6.92 Å². The van der Waals surface area contributed by atoms with E-state index in [1.165, 1.54) is 30.3 Å². The number of alkyl halides is 3. The van der Waals surface area contributed by atoms with Crippen molar-refractivity contribution in [3.8, 4) is 5.75 Å². The first-order chi connectivity index (χ1) is 12.2. The monoisotopic (exact) mass is 362 g/mol. The third-order valence-corrected chi connectivity index (χ3v) is 3.76. The van der Waals surface area contributed by atoms with Gasteiger partial charge in [0.05, 0.1) is 12.0 Å². The van der Waals surface area contributed by atoms with Gasteiger partial charge in [0.1, 0.15) is 11.3 Å². The molecule has 0 radical (unpaired) electrons. The maximum Gasteiger partial charge on any atom is 0.416 e. The summed E-state index contributed by atoms with van der Waals surface area (Å²) in [6, 6.07) is 10.4. The normalized spacial score (nSPS) is 11.5. The molecule has 3 rings (SSSR count). The van der Waals surface area contributed by atoms with Crippen molar-refractivity contribution in [2.75, 3.05) is 0 Å². The number of hydrogen-bond donors (Lipinski definition) is 0. The van der Waals surface area contributed by atoms with Gasteiger partial charge in [-0.2, -0.15) is 13.2 Å². The summed E-state index contributed by atoms with van der Waals surface area (Å²) in [7, 11) is 0. The number of esters is 1. The van der Waals surface area contributed by atoms with E-state index in [0.29, 0.717) is 5.39 Å². The summed E-state index contributed by atoms with van der Waals surface area (Å²) in [4.78, 5) is 23.4. The fourth-order valence-electron chi connectivity index (χ4n) is 2.56. The van der Waals surface area contributed by atoms with Crippen LogP contribution in [0.5, 0.6) is 5.75 Å². The summed E-state index contributed by atoms with van der Waals surface area (Å²) < 4.78 is 48.4. The van der Waals surface area contributed by atoms with Gasteiger partial charge in [0.25, 0.3) is 0 Å². The highest BCUT2D eigenvalue weighted by atomic mass is 19.4. The Morgan fingerprint density at radius 2 is 1.88 bits per heavy atom. The van der Waals surface area contributed by atoms with Gasteiger partial charge in [-0.1, -0.05) is 18.2 Å². The van der Waals surface area contributed by atoms with Gasteiger partial charge in [-0.25, -0.2) is 4.79 Å². The molecular weight excluding hydrogens is 349 g/mol. The van der Waals surface area contributed by atoms with E-state index in [9.17, 15) is 22.8 Å². The second-order valence-corrected chi connectivity index (χ2v) is 5.76. The topological polar surface area (TPSA) is 56.5 Å². The molecule has 0 aliphatic carbocycles. The van der Waals surface area contributed by atoms with Gasteiger partial charge in [-0.05, 0) is 36.2 Å². The van der Waals surface area contributed by atoms with E-state index in [2.05, 4.69) is 0 Å². The number of fused-ring (bicyclic) bond motifs is 1. The van der Waals surface area contributed by atoms with Gasteiger partial charge in [0.2, 0.25) is 0 Å². The van der Waals surface area contributed by atoms with Crippen molar-refractivity contribution < 1.29 is 27.1 Å². The maximum absolute atomic E-state index is 12.7. The van der Waals surface area contributed by atoms with Crippen molar-refractivity contribution in [3.05, 3.63) is 75.6 Å². The molecule has 0 N–H and O–H groups in total. The SMILES string of the molecule is Cc1cc(=O)oc2cc(OC(=O)Cc3cccc(C(F)(F)F)c3)ccc12. The van der Waals surface area contributed by atoms with Crippen LogP contribution in [0.3, 0.4) is 0 Å². The zero-order chi connectivity index (χ0) is 18.9. The molecule has 0 unspecified atom stereocenters. The van der Waals surface area contributed by atoms with Crippen LogP contribution in [0.25, 0.3) is 11.0 Å². The molecule has 2 aromatic carbocycles. The summed E-state index contributed by atoms with van der Waals surface area (Å²) in [5.74, 6) is -0.582. The highest BCUT2D eigenvalue weighted by molar-refractivity contribution is 5.82. The van der Waals surface area contributed by atoms with Crippen LogP contribution in [0.4, 0.5) is 13.2 Å². The van der Waals surface area contributed by atoms with Crippen LogP contribution in [0.1, 0.15) is 16.7 Å². The minimum atomic E-state index is -4.48. The first-order valence-corrected chi connectivity index (χ1v) is 7.64. The molecule has 0 aliphatic rings. The van der Waals surface area contributed by atoms with Gasteiger partial charge >= 0.3 is 17.8 Å². The Balaban J connectivity index is 1.78. The number of aryl methyl sites for hydroxylation is 1. The van der Waals surface area contributed by atoms with Crippen molar-refractivity contribution >= 4 is 16.9 Å². The maximum atomic E-state index is 12.7. The van der Waals surface area contributed by atoms with E-state index >= 15 is 0 Å².